The van der Waals surface area contributed by atoms with Crippen LogP contribution in [0.25, 0.3) is 0 Å². The predicted molar refractivity (Wildman–Crippen MR) is 31.7 cm³/mol. The number of nitrogens with zero attached hydrogens (tertiary/aromatic N) is 2. The topological polar surface area (TPSA) is 54.5 Å². The van der Waals surface area contributed by atoms with E-state index in [4.69, 9.17) is 0 Å². The van der Waals surface area contributed by atoms with Crippen LogP contribution in [-0.4, -0.2) is 19.7 Å². The third kappa shape index (κ3) is 4.83. The summed E-state index contributed by atoms with van der Waals surface area (Å²) in [6.07, 6.45) is 1.49. The van der Waals surface area contributed by atoms with Crippen LogP contribution in [0, 0.1) is 0 Å². The third-order valence-corrected chi connectivity index (χ3v) is 0.526. The van der Waals surface area contributed by atoms with E-state index in [0.29, 0.717) is 0 Å². The van der Waals surface area contributed by atoms with E-state index < -0.39 is 6.03 Å². The molecule has 2 radical (unpaired) electrons. The molecule has 0 aromatic carbocycles. The second-order valence-electron chi connectivity index (χ2n) is 1.18. The average molecular weight is 128 g/mol. The van der Waals surface area contributed by atoms with Crippen molar-refractivity contribution < 1.29 is 9.63 Å². The minimum Gasteiger partial charge on any atom is -0.243 e. The van der Waals surface area contributed by atoms with Gasteiger partial charge in [0.2, 0.25) is 0 Å². The lowest BCUT2D eigenvalue weighted by molar-refractivity contribution is 0.0748. The number of amides is 2. The van der Waals surface area contributed by atoms with E-state index in [0.717, 1.165) is 0 Å². The SMILES string of the molecule is C=CCO[N]C(=O)[N]C. The summed E-state index contributed by atoms with van der Waals surface area (Å²) in [4.78, 5) is 14.6. The molecule has 50 valence electrons. The van der Waals surface area contributed by atoms with E-state index in [1.54, 1.807) is 0 Å². The molecule has 0 atom stereocenters. The zero-order chi connectivity index (χ0) is 7.11. The molecule has 0 aromatic rings. The van der Waals surface area contributed by atoms with Gasteiger partial charge in [0.15, 0.2) is 0 Å². The van der Waals surface area contributed by atoms with Crippen molar-refractivity contribution in [3.63, 3.8) is 0 Å². The van der Waals surface area contributed by atoms with E-state index in [9.17, 15) is 4.79 Å². The molecule has 0 aromatic heterocycles. The van der Waals surface area contributed by atoms with Crippen molar-refractivity contribution in [3.05, 3.63) is 12.7 Å². The minimum atomic E-state index is -0.614. The van der Waals surface area contributed by atoms with Crippen LogP contribution < -0.4 is 10.8 Å². The zero-order valence-corrected chi connectivity index (χ0v) is 5.20. The van der Waals surface area contributed by atoms with Gasteiger partial charge < -0.3 is 0 Å². The Labute approximate surface area is 53.8 Å². The Morgan fingerprint density at radius 1 is 1.89 bits per heavy atom. The van der Waals surface area contributed by atoms with Crippen LogP contribution in [-0.2, 0) is 4.84 Å². The predicted octanol–water partition coefficient (Wildman–Crippen LogP) is 0.0626. The maximum absolute atomic E-state index is 10.2. The number of rotatable bonds is 3. The molecule has 4 heteroatoms. The van der Waals surface area contributed by atoms with Crippen LogP contribution in [0.4, 0.5) is 4.79 Å². The molecule has 0 rings (SSSR count). The second-order valence-corrected chi connectivity index (χ2v) is 1.18. The molecule has 0 N–H and O–H groups in total. The molecule has 9 heavy (non-hydrogen) atoms. The number of carbonyl (C=O) groups is 1. The molecule has 0 saturated carbocycles. The van der Waals surface area contributed by atoms with Crippen molar-refractivity contribution in [2.75, 3.05) is 13.7 Å². The van der Waals surface area contributed by atoms with Gasteiger partial charge in [0, 0.05) is 7.05 Å². The molecule has 0 unspecified atom stereocenters. The molecular formula is C5H8N2O2. The summed E-state index contributed by atoms with van der Waals surface area (Å²) < 4.78 is 0. The van der Waals surface area contributed by atoms with E-state index in [1.807, 2.05) is 0 Å². The highest BCUT2D eigenvalue weighted by molar-refractivity contribution is 5.71. The second kappa shape index (κ2) is 5.11. The monoisotopic (exact) mass is 128 g/mol. The van der Waals surface area contributed by atoms with Crippen LogP contribution in [0.15, 0.2) is 12.7 Å². The first-order valence-electron chi connectivity index (χ1n) is 2.39. The molecule has 0 fully saturated rings. The Kier molecular flexibility index (Phi) is 4.53. The molecule has 0 saturated heterocycles. The molecule has 2 amide bonds. The first kappa shape index (κ1) is 7.97. The van der Waals surface area contributed by atoms with Gasteiger partial charge in [0.25, 0.3) is 0 Å². The summed E-state index contributed by atoms with van der Waals surface area (Å²) in [6.45, 7) is 3.59. The lowest BCUT2D eigenvalue weighted by Crippen LogP contribution is -2.21. The van der Waals surface area contributed by atoms with Gasteiger partial charge in [-0.15, -0.1) is 6.58 Å². The van der Waals surface area contributed by atoms with Crippen LogP contribution in [0.5, 0.6) is 0 Å². The molecule has 0 aliphatic rings. The molecule has 0 bridgehead atoms. The highest BCUT2D eigenvalue weighted by Gasteiger charge is 1.96. The van der Waals surface area contributed by atoms with Gasteiger partial charge in [-0.25, -0.2) is 14.9 Å². The third-order valence-electron chi connectivity index (χ3n) is 0.526. The molecule has 4 nitrogen and oxygen atoms in total. The van der Waals surface area contributed by atoms with Crippen molar-refractivity contribution in [3.8, 4) is 0 Å². The molecule has 0 aliphatic carbocycles. The summed E-state index contributed by atoms with van der Waals surface area (Å²) in [7, 11) is 1.35. The lowest BCUT2D eigenvalue weighted by Gasteiger charge is -1.93. The minimum absolute atomic E-state index is 0.237. The van der Waals surface area contributed by atoms with E-state index in [-0.39, 0.29) is 6.61 Å². The molecule has 0 aliphatic heterocycles. The van der Waals surface area contributed by atoms with Gasteiger partial charge in [0.05, 0.1) is 6.61 Å². The fraction of sp³-hybridized carbons (Fsp3) is 0.400. The largest absolute Gasteiger partial charge is 0.384 e. The van der Waals surface area contributed by atoms with Crippen LogP contribution in [0.3, 0.4) is 0 Å². The van der Waals surface area contributed by atoms with Crippen LogP contribution >= 0.6 is 0 Å². The van der Waals surface area contributed by atoms with Crippen molar-refractivity contribution >= 4 is 6.03 Å². The van der Waals surface area contributed by atoms with Crippen molar-refractivity contribution in [2.45, 2.75) is 0 Å². The Balaban J connectivity index is 3.06. The fourth-order valence-corrected chi connectivity index (χ4v) is 0.186. The maximum Gasteiger partial charge on any atom is 0.384 e. The highest BCUT2D eigenvalue weighted by atomic mass is 16.7. The summed E-state index contributed by atoms with van der Waals surface area (Å²) in [5.74, 6) is 0. The number of hydrogen-bond acceptors (Lipinski definition) is 2. The van der Waals surface area contributed by atoms with E-state index in [1.165, 1.54) is 13.1 Å². The Morgan fingerprint density at radius 3 is 3.00 bits per heavy atom. The zero-order valence-electron chi connectivity index (χ0n) is 5.20. The Hall–Kier alpha value is -1.03. The quantitative estimate of drug-likeness (QED) is 0.306. The molecule has 0 heterocycles. The van der Waals surface area contributed by atoms with Crippen LogP contribution in [0.2, 0.25) is 0 Å². The average Bonchev–Trinajstić information content (AvgIpc) is 1.89. The lowest BCUT2D eigenvalue weighted by atomic mass is 10.7. The van der Waals surface area contributed by atoms with Crippen LogP contribution in [0.1, 0.15) is 0 Å². The van der Waals surface area contributed by atoms with Crippen molar-refractivity contribution in [1.29, 1.82) is 0 Å². The van der Waals surface area contributed by atoms with Gasteiger partial charge in [-0.2, -0.15) is 0 Å². The van der Waals surface area contributed by atoms with Gasteiger partial charge in [-0.3, -0.25) is 0 Å². The first-order valence-corrected chi connectivity index (χ1v) is 2.39. The van der Waals surface area contributed by atoms with Crippen molar-refractivity contribution in [2.24, 2.45) is 0 Å². The highest BCUT2D eigenvalue weighted by Crippen LogP contribution is 1.71. The molecule has 0 spiro atoms. The molecular weight excluding hydrogens is 120 g/mol. The number of hydrogen-bond donors (Lipinski definition) is 0. The summed E-state index contributed by atoms with van der Waals surface area (Å²) >= 11 is 0. The number of hydroxylamine groups is 1. The smallest absolute Gasteiger partial charge is 0.243 e. The van der Waals surface area contributed by atoms with Gasteiger partial charge in [-0.05, 0) is 0 Å². The first-order chi connectivity index (χ1) is 4.31. The van der Waals surface area contributed by atoms with Crippen molar-refractivity contribution in [1.82, 2.24) is 10.8 Å². The fourth-order valence-electron chi connectivity index (χ4n) is 0.186. The number of urea groups is 1. The van der Waals surface area contributed by atoms with E-state index >= 15 is 0 Å². The summed E-state index contributed by atoms with van der Waals surface area (Å²) in [5.41, 5.74) is 3.06. The van der Waals surface area contributed by atoms with E-state index in [2.05, 4.69) is 22.2 Å². The van der Waals surface area contributed by atoms with Gasteiger partial charge in [0.1, 0.15) is 0 Å². The summed E-state index contributed by atoms with van der Waals surface area (Å²) in [5, 5.41) is 3.20. The standard InChI is InChI=1S/C5H8N2O2/c1-3-4-9-7-5(8)6-2/h3H,1,4H2,2H3. The maximum atomic E-state index is 10.2. The Morgan fingerprint density at radius 2 is 2.56 bits per heavy atom. The van der Waals surface area contributed by atoms with Gasteiger partial charge in [-0.1, -0.05) is 11.6 Å². The normalized spacial score (nSPS) is 8.11. The Bertz CT molecular complexity index is 103. The van der Waals surface area contributed by atoms with Gasteiger partial charge >= 0.3 is 6.03 Å². The number of carbonyl (C=O) groups excluding carboxylic acids is 1. The summed E-state index contributed by atoms with van der Waals surface area (Å²) in [6, 6.07) is -0.614.